The standard InChI is InChI=1S/C20H26FNO4/c1-13(2)20(14(3)4,18(25)26)11-19(12-22,9-8-17(23)24)15-6-5-7-16(21)10-15/h5-7,10,13-14H,8-9,11H2,1-4H3,(H,23,24)(H,25,26). The third-order valence-electron chi connectivity index (χ3n) is 5.41. The lowest BCUT2D eigenvalue weighted by Crippen LogP contribution is -2.47. The second-order valence-electron chi connectivity index (χ2n) is 7.43. The molecule has 1 aromatic carbocycles. The van der Waals surface area contributed by atoms with Gasteiger partial charge < -0.3 is 10.2 Å². The number of carboxylic acids is 2. The first kappa shape index (κ1) is 21.6. The summed E-state index contributed by atoms with van der Waals surface area (Å²) in [6, 6.07) is 7.57. The summed E-state index contributed by atoms with van der Waals surface area (Å²) in [6.07, 6.45) is -0.482. The lowest BCUT2D eigenvalue weighted by Gasteiger charge is -2.43. The van der Waals surface area contributed by atoms with E-state index in [2.05, 4.69) is 6.07 Å². The Balaban J connectivity index is 3.60. The number of nitriles is 1. The number of halogens is 1. The molecule has 1 unspecified atom stereocenters. The Kier molecular flexibility index (Phi) is 6.91. The van der Waals surface area contributed by atoms with Crippen LogP contribution in [0.2, 0.25) is 0 Å². The summed E-state index contributed by atoms with van der Waals surface area (Å²) in [5.41, 5.74) is -2.35. The first-order valence-electron chi connectivity index (χ1n) is 8.64. The number of carbonyl (C=O) groups is 2. The van der Waals surface area contributed by atoms with Crippen LogP contribution in [0.25, 0.3) is 0 Å². The number of benzene rings is 1. The molecule has 1 aromatic rings. The molecule has 6 heteroatoms. The number of hydrogen-bond acceptors (Lipinski definition) is 3. The van der Waals surface area contributed by atoms with Crippen LogP contribution in [-0.4, -0.2) is 22.2 Å². The van der Waals surface area contributed by atoms with E-state index in [0.717, 1.165) is 0 Å². The Morgan fingerprint density at radius 2 is 1.77 bits per heavy atom. The van der Waals surface area contributed by atoms with E-state index in [9.17, 15) is 24.3 Å². The van der Waals surface area contributed by atoms with Crippen LogP contribution in [0.3, 0.4) is 0 Å². The molecule has 0 radical (unpaired) electrons. The Labute approximate surface area is 153 Å². The molecule has 2 N–H and O–H groups in total. The number of hydrogen-bond donors (Lipinski definition) is 2. The molecule has 0 bridgehead atoms. The van der Waals surface area contributed by atoms with Crippen molar-refractivity contribution in [3.05, 3.63) is 35.6 Å². The number of rotatable bonds is 9. The van der Waals surface area contributed by atoms with Crippen molar-refractivity contribution in [2.24, 2.45) is 17.3 Å². The molecule has 26 heavy (non-hydrogen) atoms. The van der Waals surface area contributed by atoms with Crippen molar-refractivity contribution in [2.45, 2.75) is 52.4 Å². The topological polar surface area (TPSA) is 98.4 Å². The van der Waals surface area contributed by atoms with Crippen LogP contribution in [0.15, 0.2) is 24.3 Å². The highest BCUT2D eigenvalue weighted by atomic mass is 19.1. The molecule has 1 atom stereocenters. The zero-order chi connectivity index (χ0) is 20.1. The minimum Gasteiger partial charge on any atom is -0.481 e. The Bertz CT molecular complexity index is 700. The predicted molar refractivity (Wildman–Crippen MR) is 94.9 cm³/mol. The molecule has 0 aliphatic rings. The minimum atomic E-state index is -1.41. The fourth-order valence-electron chi connectivity index (χ4n) is 3.75. The number of carboxylic acid groups (broad SMARTS) is 2. The highest BCUT2D eigenvalue weighted by Gasteiger charge is 2.51. The summed E-state index contributed by atoms with van der Waals surface area (Å²) in [5, 5.41) is 29.1. The van der Waals surface area contributed by atoms with Crippen LogP contribution in [0.1, 0.15) is 52.5 Å². The van der Waals surface area contributed by atoms with Gasteiger partial charge in [-0.2, -0.15) is 5.26 Å². The van der Waals surface area contributed by atoms with Crippen LogP contribution in [0, 0.1) is 34.4 Å². The van der Waals surface area contributed by atoms with Gasteiger partial charge in [0.1, 0.15) is 5.82 Å². The minimum absolute atomic E-state index is 0.0854. The molecular formula is C20H26FNO4. The van der Waals surface area contributed by atoms with Gasteiger partial charge in [0.05, 0.1) is 16.9 Å². The van der Waals surface area contributed by atoms with Gasteiger partial charge >= 0.3 is 11.9 Å². The van der Waals surface area contributed by atoms with Crippen LogP contribution in [0.4, 0.5) is 4.39 Å². The second-order valence-corrected chi connectivity index (χ2v) is 7.43. The molecule has 0 heterocycles. The molecule has 0 aliphatic carbocycles. The monoisotopic (exact) mass is 363 g/mol. The second kappa shape index (κ2) is 8.31. The molecule has 0 spiro atoms. The zero-order valence-electron chi connectivity index (χ0n) is 15.6. The summed E-state index contributed by atoms with van der Waals surface area (Å²) in [6.45, 7) is 7.11. The van der Waals surface area contributed by atoms with Gasteiger partial charge in [-0.1, -0.05) is 39.8 Å². The van der Waals surface area contributed by atoms with Gasteiger partial charge in [-0.3, -0.25) is 9.59 Å². The van der Waals surface area contributed by atoms with Gasteiger partial charge in [-0.15, -0.1) is 0 Å². The quantitative estimate of drug-likeness (QED) is 0.684. The van der Waals surface area contributed by atoms with Gasteiger partial charge in [-0.05, 0) is 42.4 Å². The number of aliphatic carboxylic acids is 2. The molecule has 0 aromatic heterocycles. The average Bonchev–Trinajstić information content (AvgIpc) is 2.54. The van der Waals surface area contributed by atoms with Gasteiger partial charge in [0.25, 0.3) is 0 Å². The van der Waals surface area contributed by atoms with Gasteiger partial charge in [0, 0.05) is 6.42 Å². The fraction of sp³-hybridized carbons (Fsp3) is 0.550. The summed E-state index contributed by atoms with van der Waals surface area (Å²) in [5.74, 6) is -3.27. The summed E-state index contributed by atoms with van der Waals surface area (Å²) in [7, 11) is 0. The van der Waals surface area contributed by atoms with Crippen LogP contribution < -0.4 is 0 Å². The summed E-state index contributed by atoms with van der Waals surface area (Å²) >= 11 is 0. The van der Waals surface area contributed by atoms with Crippen molar-refractivity contribution in [1.82, 2.24) is 0 Å². The molecule has 0 fully saturated rings. The highest BCUT2D eigenvalue weighted by Crippen LogP contribution is 2.48. The van der Waals surface area contributed by atoms with E-state index in [1.54, 1.807) is 33.8 Å². The molecule has 0 saturated carbocycles. The molecule has 0 amide bonds. The Morgan fingerprint density at radius 1 is 1.19 bits per heavy atom. The van der Waals surface area contributed by atoms with Crippen molar-refractivity contribution >= 4 is 11.9 Å². The molecule has 1 rings (SSSR count). The molecule has 0 saturated heterocycles. The van der Waals surface area contributed by atoms with E-state index in [0.29, 0.717) is 5.56 Å². The van der Waals surface area contributed by atoms with Crippen molar-refractivity contribution in [1.29, 1.82) is 5.26 Å². The third kappa shape index (κ3) is 4.21. The van der Waals surface area contributed by atoms with Crippen molar-refractivity contribution in [2.75, 3.05) is 0 Å². The molecular weight excluding hydrogens is 337 g/mol. The Hall–Kier alpha value is -2.42. The van der Waals surface area contributed by atoms with E-state index in [1.807, 2.05) is 0 Å². The maximum atomic E-state index is 13.8. The molecule has 0 aliphatic heterocycles. The third-order valence-corrected chi connectivity index (χ3v) is 5.41. The SMILES string of the molecule is CC(C)C(CC(C#N)(CCC(=O)O)c1cccc(F)c1)(C(=O)O)C(C)C. The summed E-state index contributed by atoms with van der Waals surface area (Å²) in [4.78, 5) is 23.4. The van der Waals surface area contributed by atoms with Crippen LogP contribution in [0.5, 0.6) is 0 Å². The van der Waals surface area contributed by atoms with E-state index in [-0.39, 0.29) is 31.1 Å². The maximum absolute atomic E-state index is 13.8. The van der Waals surface area contributed by atoms with Crippen molar-refractivity contribution < 1.29 is 24.2 Å². The van der Waals surface area contributed by atoms with Crippen molar-refractivity contribution in [3.63, 3.8) is 0 Å². The molecule has 5 nitrogen and oxygen atoms in total. The number of nitrogens with zero attached hydrogens (tertiary/aromatic N) is 1. The smallest absolute Gasteiger partial charge is 0.310 e. The highest BCUT2D eigenvalue weighted by molar-refractivity contribution is 5.76. The predicted octanol–water partition coefficient (Wildman–Crippen LogP) is 4.22. The van der Waals surface area contributed by atoms with E-state index >= 15 is 0 Å². The average molecular weight is 363 g/mol. The largest absolute Gasteiger partial charge is 0.481 e. The van der Waals surface area contributed by atoms with E-state index in [1.165, 1.54) is 18.2 Å². The zero-order valence-corrected chi connectivity index (χ0v) is 15.6. The summed E-state index contributed by atoms with van der Waals surface area (Å²) < 4.78 is 13.8. The van der Waals surface area contributed by atoms with Gasteiger partial charge in [0.2, 0.25) is 0 Å². The first-order chi connectivity index (χ1) is 12.0. The van der Waals surface area contributed by atoms with E-state index < -0.39 is 28.6 Å². The Morgan fingerprint density at radius 3 is 2.15 bits per heavy atom. The maximum Gasteiger partial charge on any atom is 0.310 e. The fourth-order valence-corrected chi connectivity index (χ4v) is 3.75. The van der Waals surface area contributed by atoms with E-state index in [4.69, 9.17) is 5.11 Å². The lowest BCUT2D eigenvalue weighted by molar-refractivity contribution is -0.157. The van der Waals surface area contributed by atoms with Crippen LogP contribution in [-0.2, 0) is 15.0 Å². The first-order valence-corrected chi connectivity index (χ1v) is 8.64. The normalized spacial score (nSPS) is 14.1. The van der Waals surface area contributed by atoms with Crippen LogP contribution >= 0.6 is 0 Å². The van der Waals surface area contributed by atoms with Crippen molar-refractivity contribution in [3.8, 4) is 6.07 Å². The van der Waals surface area contributed by atoms with Gasteiger partial charge in [-0.25, -0.2) is 4.39 Å². The molecule has 142 valence electrons. The lowest BCUT2D eigenvalue weighted by atomic mass is 9.58. The van der Waals surface area contributed by atoms with Gasteiger partial charge in [0.15, 0.2) is 0 Å².